The number of aromatic nitrogens is 2. The van der Waals surface area contributed by atoms with Crippen LogP contribution in [0.25, 0.3) is 0 Å². The first-order valence-electron chi connectivity index (χ1n) is 6.18. The fourth-order valence-electron chi connectivity index (χ4n) is 1.97. The Hall–Kier alpha value is -1.59. The van der Waals surface area contributed by atoms with Gasteiger partial charge >= 0.3 is 0 Å². The Balaban J connectivity index is 2.23. The van der Waals surface area contributed by atoms with Crippen molar-refractivity contribution in [1.82, 2.24) is 9.78 Å². The summed E-state index contributed by atoms with van der Waals surface area (Å²) in [6, 6.07) is 4.05. The molecule has 6 heteroatoms. The van der Waals surface area contributed by atoms with E-state index < -0.39 is 11.9 Å². The van der Waals surface area contributed by atoms with E-state index in [4.69, 9.17) is 16.3 Å². The first-order chi connectivity index (χ1) is 9.40. The quantitative estimate of drug-likeness (QED) is 0.943. The Labute approximate surface area is 121 Å². The van der Waals surface area contributed by atoms with Crippen LogP contribution in [0.5, 0.6) is 5.75 Å². The molecule has 2 aromatic rings. The van der Waals surface area contributed by atoms with Crippen LogP contribution >= 0.6 is 11.6 Å². The number of rotatable bonds is 4. The highest BCUT2D eigenvalue weighted by molar-refractivity contribution is 6.30. The van der Waals surface area contributed by atoms with Gasteiger partial charge in [0.05, 0.1) is 11.8 Å². The summed E-state index contributed by atoms with van der Waals surface area (Å²) in [5.41, 5.74) is 1.95. The summed E-state index contributed by atoms with van der Waals surface area (Å²) in [5.74, 6) is 0.0181. The van der Waals surface area contributed by atoms with Crippen molar-refractivity contribution in [3.05, 3.63) is 46.0 Å². The summed E-state index contributed by atoms with van der Waals surface area (Å²) in [5, 5.41) is 14.3. The van der Waals surface area contributed by atoms with Crippen LogP contribution in [-0.2, 0) is 13.7 Å². The smallest absolute Gasteiger partial charge is 0.133 e. The van der Waals surface area contributed by atoms with Gasteiger partial charge in [-0.2, -0.15) is 5.10 Å². The first kappa shape index (κ1) is 14.8. The van der Waals surface area contributed by atoms with Crippen molar-refractivity contribution >= 4 is 11.6 Å². The van der Waals surface area contributed by atoms with Gasteiger partial charge in [0.25, 0.3) is 0 Å². The van der Waals surface area contributed by atoms with Gasteiger partial charge in [-0.05, 0) is 32.0 Å². The molecular weight excluding hydrogens is 283 g/mol. The van der Waals surface area contributed by atoms with E-state index in [1.54, 1.807) is 18.7 Å². The molecule has 0 amide bonds. The molecule has 0 saturated heterocycles. The molecule has 2 rings (SSSR count). The second-order valence-corrected chi connectivity index (χ2v) is 4.98. The number of aliphatic hydroxyl groups excluding tert-OH is 1. The van der Waals surface area contributed by atoms with Crippen molar-refractivity contribution in [2.24, 2.45) is 7.05 Å². The topological polar surface area (TPSA) is 47.3 Å². The minimum Gasteiger partial charge on any atom is -0.488 e. The van der Waals surface area contributed by atoms with Crippen molar-refractivity contribution in [3.8, 4) is 5.75 Å². The van der Waals surface area contributed by atoms with Crippen LogP contribution in [0, 0.1) is 12.7 Å². The fourth-order valence-corrected chi connectivity index (χ4v) is 2.19. The van der Waals surface area contributed by atoms with Crippen LogP contribution in [0.2, 0.25) is 5.15 Å². The SMILES string of the molecule is Cc1nn(C)c(Cl)c1COc1ccc(F)cc1C(C)O. The van der Waals surface area contributed by atoms with Crippen LogP contribution < -0.4 is 4.74 Å². The molecule has 1 aromatic carbocycles. The third kappa shape index (κ3) is 2.94. The number of aliphatic hydroxyl groups is 1. The third-order valence-corrected chi connectivity index (χ3v) is 3.54. The highest BCUT2D eigenvalue weighted by Crippen LogP contribution is 2.28. The molecule has 0 aliphatic carbocycles. The summed E-state index contributed by atoms with van der Waals surface area (Å²) in [7, 11) is 1.75. The lowest BCUT2D eigenvalue weighted by molar-refractivity contribution is 0.189. The minimum atomic E-state index is -0.814. The standard InChI is InChI=1S/C14H16ClFN2O2/c1-8-12(14(15)18(3)17-8)7-20-13-5-4-10(16)6-11(13)9(2)19/h4-6,9,19H,7H2,1-3H3. The molecule has 1 N–H and O–H groups in total. The number of hydrogen-bond donors (Lipinski definition) is 1. The van der Waals surface area contributed by atoms with Gasteiger partial charge in [0.15, 0.2) is 0 Å². The lowest BCUT2D eigenvalue weighted by Crippen LogP contribution is -2.02. The molecule has 0 saturated carbocycles. The number of hydrogen-bond acceptors (Lipinski definition) is 3. The maximum atomic E-state index is 13.2. The summed E-state index contributed by atoms with van der Waals surface area (Å²) < 4.78 is 20.4. The van der Waals surface area contributed by atoms with Gasteiger partial charge in [0.2, 0.25) is 0 Å². The van der Waals surface area contributed by atoms with Gasteiger partial charge in [-0.1, -0.05) is 11.6 Å². The lowest BCUT2D eigenvalue weighted by atomic mass is 10.1. The number of ether oxygens (including phenoxy) is 1. The second-order valence-electron chi connectivity index (χ2n) is 4.63. The van der Waals surface area contributed by atoms with E-state index >= 15 is 0 Å². The first-order valence-corrected chi connectivity index (χ1v) is 6.56. The number of benzene rings is 1. The molecule has 0 radical (unpaired) electrons. The molecule has 4 nitrogen and oxygen atoms in total. The predicted molar refractivity (Wildman–Crippen MR) is 74.3 cm³/mol. The van der Waals surface area contributed by atoms with Crippen molar-refractivity contribution in [2.45, 2.75) is 26.6 Å². The van der Waals surface area contributed by atoms with Crippen LogP contribution in [0.15, 0.2) is 18.2 Å². The van der Waals surface area contributed by atoms with E-state index in [0.717, 1.165) is 11.3 Å². The molecular formula is C14H16ClFN2O2. The predicted octanol–water partition coefficient (Wildman–Crippen LogP) is 3.15. The number of aryl methyl sites for hydroxylation is 2. The normalized spacial score (nSPS) is 12.5. The van der Waals surface area contributed by atoms with Crippen LogP contribution in [0.4, 0.5) is 4.39 Å². The maximum absolute atomic E-state index is 13.2. The number of halogens is 2. The lowest BCUT2D eigenvalue weighted by Gasteiger charge is -2.13. The Bertz CT molecular complexity index is 626. The molecule has 108 valence electrons. The van der Waals surface area contributed by atoms with Crippen LogP contribution in [0.1, 0.15) is 29.8 Å². The molecule has 1 atom stereocenters. The second kappa shape index (κ2) is 5.81. The molecule has 1 heterocycles. The molecule has 0 aliphatic heterocycles. The van der Waals surface area contributed by atoms with Crippen molar-refractivity contribution in [1.29, 1.82) is 0 Å². The average molecular weight is 299 g/mol. The summed E-state index contributed by atoms with van der Waals surface area (Å²) in [4.78, 5) is 0. The van der Waals surface area contributed by atoms with Gasteiger partial charge < -0.3 is 9.84 Å². The molecule has 20 heavy (non-hydrogen) atoms. The van der Waals surface area contributed by atoms with Crippen LogP contribution in [-0.4, -0.2) is 14.9 Å². The molecule has 0 aliphatic rings. The van der Waals surface area contributed by atoms with Gasteiger partial charge in [-0.3, -0.25) is 4.68 Å². The van der Waals surface area contributed by atoms with E-state index in [-0.39, 0.29) is 6.61 Å². The maximum Gasteiger partial charge on any atom is 0.133 e. The van der Waals surface area contributed by atoms with E-state index in [9.17, 15) is 9.50 Å². The Morgan fingerprint density at radius 3 is 2.75 bits per heavy atom. The Kier molecular flexibility index (Phi) is 4.30. The number of nitrogens with zero attached hydrogens (tertiary/aromatic N) is 2. The molecule has 1 aromatic heterocycles. The van der Waals surface area contributed by atoms with Gasteiger partial charge in [0, 0.05) is 18.2 Å². The van der Waals surface area contributed by atoms with E-state index in [1.165, 1.54) is 18.2 Å². The monoisotopic (exact) mass is 298 g/mol. The Morgan fingerprint density at radius 1 is 1.50 bits per heavy atom. The fraction of sp³-hybridized carbons (Fsp3) is 0.357. The summed E-state index contributed by atoms with van der Waals surface area (Å²) in [6.07, 6.45) is -0.814. The van der Waals surface area contributed by atoms with Gasteiger partial charge in [-0.15, -0.1) is 0 Å². The van der Waals surface area contributed by atoms with Gasteiger partial charge in [0.1, 0.15) is 23.3 Å². The van der Waals surface area contributed by atoms with Crippen molar-refractivity contribution in [3.63, 3.8) is 0 Å². The summed E-state index contributed by atoms with van der Waals surface area (Å²) >= 11 is 6.12. The van der Waals surface area contributed by atoms with Crippen molar-refractivity contribution in [2.75, 3.05) is 0 Å². The Morgan fingerprint density at radius 2 is 2.20 bits per heavy atom. The molecule has 1 unspecified atom stereocenters. The zero-order valence-corrected chi connectivity index (χ0v) is 12.3. The highest BCUT2D eigenvalue weighted by atomic mass is 35.5. The molecule has 0 bridgehead atoms. The largest absolute Gasteiger partial charge is 0.488 e. The zero-order chi connectivity index (χ0) is 14.9. The third-order valence-electron chi connectivity index (χ3n) is 3.06. The highest BCUT2D eigenvalue weighted by Gasteiger charge is 2.15. The summed E-state index contributed by atoms with van der Waals surface area (Å²) in [6.45, 7) is 3.61. The van der Waals surface area contributed by atoms with E-state index in [1.807, 2.05) is 6.92 Å². The molecule has 0 fully saturated rings. The zero-order valence-electron chi connectivity index (χ0n) is 11.5. The van der Waals surface area contributed by atoms with Crippen molar-refractivity contribution < 1.29 is 14.2 Å². The van der Waals surface area contributed by atoms with Gasteiger partial charge in [-0.25, -0.2) is 4.39 Å². The average Bonchev–Trinajstić information content (AvgIpc) is 2.62. The van der Waals surface area contributed by atoms with Crippen LogP contribution in [0.3, 0.4) is 0 Å². The molecule has 0 spiro atoms. The van der Waals surface area contributed by atoms with E-state index in [0.29, 0.717) is 16.5 Å². The van der Waals surface area contributed by atoms with E-state index in [2.05, 4.69) is 5.10 Å². The minimum absolute atomic E-state index is 0.212.